The highest BCUT2D eigenvalue weighted by atomic mass is 32.2. The van der Waals surface area contributed by atoms with Gasteiger partial charge in [-0.3, -0.25) is 9.59 Å². The van der Waals surface area contributed by atoms with E-state index in [-0.39, 0.29) is 29.7 Å². The molecular formula is C24H28N2O4S. The Morgan fingerprint density at radius 3 is 2.58 bits per heavy atom. The molecule has 4 rings (SSSR count). The fourth-order valence-electron chi connectivity index (χ4n) is 4.28. The second kappa shape index (κ2) is 9.64. The number of benzene rings is 2. The number of para-hydroxylation sites is 1. The van der Waals surface area contributed by atoms with Gasteiger partial charge >= 0.3 is 0 Å². The van der Waals surface area contributed by atoms with Crippen LogP contribution in [-0.2, 0) is 9.59 Å². The van der Waals surface area contributed by atoms with Gasteiger partial charge < -0.3 is 19.7 Å². The topological polar surface area (TPSA) is 67.9 Å². The van der Waals surface area contributed by atoms with Crippen molar-refractivity contribution in [3.05, 3.63) is 48.0 Å². The number of rotatable bonds is 6. The van der Waals surface area contributed by atoms with Crippen molar-refractivity contribution in [3.63, 3.8) is 0 Å². The van der Waals surface area contributed by atoms with E-state index in [2.05, 4.69) is 5.32 Å². The number of amides is 2. The van der Waals surface area contributed by atoms with Gasteiger partial charge in [0.1, 0.15) is 6.54 Å². The van der Waals surface area contributed by atoms with Crippen molar-refractivity contribution in [3.8, 4) is 11.5 Å². The molecule has 0 aromatic heterocycles. The number of carbonyl (C=O) groups is 2. The van der Waals surface area contributed by atoms with Gasteiger partial charge in [-0.2, -0.15) is 0 Å². The van der Waals surface area contributed by atoms with Crippen LogP contribution in [0.2, 0.25) is 0 Å². The number of ether oxygens (including phenoxy) is 2. The lowest BCUT2D eigenvalue weighted by atomic mass is 10.1. The number of hydrogen-bond donors (Lipinski definition) is 1. The molecule has 7 heteroatoms. The molecule has 1 atom stereocenters. The lowest BCUT2D eigenvalue weighted by molar-refractivity contribution is -0.124. The maximum absolute atomic E-state index is 13.3. The van der Waals surface area contributed by atoms with Crippen LogP contribution in [0, 0.1) is 0 Å². The SMILES string of the molecule is COc1ccc([C@H]2CC(=O)N(CC(=O)NC3CCCC3)c3ccccc3S2)cc1OC. The third kappa shape index (κ3) is 4.82. The number of nitrogens with zero attached hydrogens (tertiary/aromatic N) is 1. The summed E-state index contributed by atoms with van der Waals surface area (Å²) in [5.74, 6) is 1.14. The zero-order chi connectivity index (χ0) is 21.8. The average molecular weight is 441 g/mol. The summed E-state index contributed by atoms with van der Waals surface area (Å²) in [7, 11) is 3.21. The summed E-state index contributed by atoms with van der Waals surface area (Å²) in [6, 6.07) is 13.8. The van der Waals surface area contributed by atoms with Crippen LogP contribution in [0.5, 0.6) is 11.5 Å². The zero-order valence-corrected chi connectivity index (χ0v) is 18.7. The highest BCUT2D eigenvalue weighted by Gasteiger charge is 2.31. The monoisotopic (exact) mass is 440 g/mol. The van der Waals surface area contributed by atoms with Crippen molar-refractivity contribution >= 4 is 29.3 Å². The summed E-state index contributed by atoms with van der Waals surface area (Å²) in [6.07, 6.45) is 4.65. The van der Waals surface area contributed by atoms with Gasteiger partial charge in [-0.15, -0.1) is 11.8 Å². The first-order valence-corrected chi connectivity index (χ1v) is 11.5. The summed E-state index contributed by atoms with van der Waals surface area (Å²) < 4.78 is 10.8. The van der Waals surface area contributed by atoms with E-state index in [4.69, 9.17) is 9.47 Å². The standard InChI is InChI=1S/C24H28N2O4S/c1-29-19-12-11-16(13-20(19)30-2)22-14-24(28)26(18-9-5-6-10-21(18)31-22)15-23(27)25-17-7-3-4-8-17/h5-6,9-13,17,22H,3-4,7-8,14-15H2,1-2H3,(H,25,27)/t22-/m1/s1. The van der Waals surface area contributed by atoms with Gasteiger partial charge in [0.15, 0.2) is 11.5 Å². The van der Waals surface area contributed by atoms with Gasteiger partial charge in [0.25, 0.3) is 0 Å². The fraction of sp³-hybridized carbons (Fsp3) is 0.417. The molecule has 2 aromatic rings. The predicted molar refractivity (Wildman–Crippen MR) is 122 cm³/mol. The fourth-order valence-corrected chi connectivity index (χ4v) is 5.55. The summed E-state index contributed by atoms with van der Waals surface area (Å²) in [5.41, 5.74) is 1.78. The lowest BCUT2D eigenvalue weighted by Gasteiger charge is -2.23. The van der Waals surface area contributed by atoms with E-state index in [1.807, 2.05) is 42.5 Å². The van der Waals surface area contributed by atoms with Gasteiger partial charge in [0, 0.05) is 22.6 Å². The second-order valence-corrected chi connectivity index (χ2v) is 9.17. The first-order chi connectivity index (χ1) is 15.1. The molecule has 1 N–H and O–H groups in total. The third-order valence-corrected chi connectivity index (χ3v) is 7.21. The molecule has 0 unspecified atom stereocenters. The molecule has 1 fully saturated rings. The third-order valence-electron chi connectivity index (χ3n) is 5.89. The minimum Gasteiger partial charge on any atom is -0.493 e. The van der Waals surface area contributed by atoms with Crippen molar-refractivity contribution in [1.82, 2.24) is 5.32 Å². The van der Waals surface area contributed by atoms with Crippen LogP contribution in [-0.4, -0.2) is 38.6 Å². The van der Waals surface area contributed by atoms with Gasteiger partial charge in [0.05, 0.1) is 19.9 Å². The summed E-state index contributed by atoms with van der Waals surface area (Å²) in [5, 5.41) is 3.01. The number of anilines is 1. The van der Waals surface area contributed by atoms with E-state index in [1.165, 1.54) is 0 Å². The Bertz CT molecular complexity index is 958. The first kappa shape index (κ1) is 21.6. The van der Waals surface area contributed by atoms with Crippen LogP contribution in [0.25, 0.3) is 0 Å². The van der Waals surface area contributed by atoms with E-state index < -0.39 is 0 Å². The molecule has 1 heterocycles. The molecule has 0 saturated heterocycles. The van der Waals surface area contributed by atoms with E-state index in [1.54, 1.807) is 30.9 Å². The molecule has 0 radical (unpaired) electrons. The Labute approximate surface area is 187 Å². The largest absolute Gasteiger partial charge is 0.493 e. The van der Waals surface area contributed by atoms with Crippen LogP contribution in [0.1, 0.15) is 42.9 Å². The molecule has 31 heavy (non-hydrogen) atoms. The van der Waals surface area contributed by atoms with Crippen LogP contribution in [0.15, 0.2) is 47.4 Å². The number of hydrogen-bond acceptors (Lipinski definition) is 5. The van der Waals surface area contributed by atoms with E-state index in [9.17, 15) is 9.59 Å². The van der Waals surface area contributed by atoms with Gasteiger partial charge in [-0.05, 0) is 42.7 Å². The van der Waals surface area contributed by atoms with Gasteiger partial charge in [-0.1, -0.05) is 31.0 Å². The number of methoxy groups -OCH3 is 2. The van der Waals surface area contributed by atoms with Crippen molar-refractivity contribution in [2.24, 2.45) is 0 Å². The highest BCUT2D eigenvalue weighted by molar-refractivity contribution is 7.99. The average Bonchev–Trinajstić information content (AvgIpc) is 3.25. The quantitative estimate of drug-likeness (QED) is 0.724. The summed E-state index contributed by atoms with van der Waals surface area (Å²) >= 11 is 1.64. The molecule has 1 aliphatic carbocycles. The molecule has 2 aromatic carbocycles. The van der Waals surface area contributed by atoms with Crippen molar-refractivity contribution in [2.45, 2.75) is 48.3 Å². The molecule has 6 nitrogen and oxygen atoms in total. The van der Waals surface area contributed by atoms with E-state index >= 15 is 0 Å². The molecule has 2 amide bonds. The van der Waals surface area contributed by atoms with Crippen molar-refractivity contribution < 1.29 is 19.1 Å². The number of carbonyl (C=O) groups excluding carboxylic acids is 2. The highest BCUT2D eigenvalue weighted by Crippen LogP contribution is 2.46. The maximum Gasteiger partial charge on any atom is 0.240 e. The Hall–Kier alpha value is -2.67. The normalized spacial score (nSPS) is 19.0. The van der Waals surface area contributed by atoms with Crippen LogP contribution in [0.3, 0.4) is 0 Å². The molecule has 164 valence electrons. The Morgan fingerprint density at radius 1 is 1.10 bits per heavy atom. The zero-order valence-electron chi connectivity index (χ0n) is 17.9. The minimum atomic E-state index is -0.0929. The molecule has 2 aliphatic rings. The van der Waals surface area contributed by atoms with Crippen molar-refractivity contribution in [2.75, 3.05) is 25.7 Å². The second-order valence-electron chi connectivity index (χ2n) is 7.92. The Kier molecular flexibility index (Phi) is 6.70. The maximum atomic E-state index is 13.3. The molecular weight excluding hydrogens is 412 g/mol. The lowest BCUT2D eigenvalue weighted by Crippen LogP contribution is -2.43. The molecule has 1 saturated carbocycles. The van der Waals surface area contributed by atoms with Gasteiger partial charge in [-0.25, -0.2) is 0 Å². The molecule has 1 aliphatic heterocycles. The van der Waals surface area contributed by atoms with E-state index in [0.29, 0.717) is 17.9 Å². The summed E-state index contributed by atoms with van der Waals surface area (Å²) in [4.78, 5) is 28.6. The number of nitrogens with one attached hydrogen (secondary N) is 1. The molecule has 0 spiro atoms. The van der Waals surface area contributed by atoms with Crippen molar-refractivity contribution in [1.29, 1.82) is 0 Å². The first-order valence-electron chi connectivity index (χ1n) is 10.7. The predicted octanol–water partition coefficient (Wildman–Crippen LogP) is 4.33. The molecule has 0 bridgehead atoms. The van der Waals surface area contributed by atoms with Crippen LogP contribution >= 0.6 is 11.8 Å². The smallest absolute Gasteiger partial charge is 0.240 e. The summed E-state index contributed by atoms with van der Waals surface area (Å²) in [6.45, 7) is 0.0472. The minimum absolute atomic E-state index is 0.0472. The Balaban J connectivity index is 1.58. The van der Waals surface area contributed by atoms with Crippen LogP contribution < -0.4 is 19.7 Å². The number of fused-ring (bicyclic) bond motifs is 1. The van der Waals surface area contributed by atoms with Crippen LogP contribution in [0.4, 0.5) is 5.69 Å². The van der Waals surface area contributed by atoms with Gasteiger partial charge in [0.2, 0.25) is 11.8 Å². The Morgan fingerprint density at radius 2 is 1.84 bits per heavy atom. The van der Waals surface area contributed by atoms with E-state index in [0.717, 1.165) is 41.8 Å². The number of thioether (sulfide) groups is 1.